The van der Waals surface area contributed by atoms with E-state index in [4.69, 9.17) is 14.2 Å². The van der Waals surface area contributed by atoms with Crippen molar-refractivity contribution in [1.29, 1.82) is 0 Å². The van der Waals surface area contributed by atoms with Gasteiger partial charge in [0.2, 0.25) is 5.91 Å². The van der Waals surface area contributed by atoms with Crippen molar-refractivity contribution in [1.82, 2.24) is 5.32 Å². The van der Waals surface area contributed by atoms with Gasteiger partial charge in [0.15, 0.2) is 0 Å². The molecular formula is C19H29NO4. The number of nitrogens with one attached hydrogen (secondary N) is 1. The summed E-state index contributed by atoms with van der Waals surface area (Å²) < 4.78 is 16.4. The Labute approximate surface area is 144 Å². The van der Waals surface area contributed by atoms with Crippen LogP contribution in [-0.2, 0) is 16.0 Å². The van der Waals surface area contributed by atoms with Gasteiger partial charge in [-0.3, -0.25) is 4.79 Å². The number of benzene rings is 1. The van der Waals surface area contributed by atoms with Crippen LogP contribution < -0.4 is 14.8 Å². The summed E-state index contributed by atoms with van der Waals surface area (Å²) in [5, 5.41) is 2.91. The average Bonchev–Trinajstić information content (AvgIpc) is 2.60. The van der Waals surface area contributed by atoms with Crippen LogP contribution in [0.5, 0.6) is 11.5 Å². The maximum Gasteiger partial charge on any atom is 0.224 e. The smallest absolute Gasteiger partial charge is 0.224 e. The maximum absolute atomic E-state index is 12.1. The van der Waals surface area contributed by atoms with Crippen LogP contribution in [0.15, 0.2) is 18.2 Å². The third-order valence-corrected chi connectivity index (χ3v) is 4.63. The summed E-state index contributed by atoms with van der Waals surface area (Å²) in [4.78, 5) is 12.1. The molecule has 0 radical (unpaired) electrons. The highest BCUT2D eigenvalue weighted by atomic mass is 16.5. The van der Waals surface area contributed by atoms with Crippen LogP contribution in [-0.4, -0.2) is 39.4 Å². The minimum Gasteiger partial charge on any atom is -0.497 e. The third kappa shape index (κ3) is 5.41. The van der Waals surface area contributed by atoms with E-state index in [1.807, 2.05) is 12.1 Å². The van der Waals surface area contributed by atoms with E-state index < -0.39 is 0 Å². The number of hydrogen-bond acceptors (Lipinski definition) is 4. The van der Waals surface area contributed by atoms with Gasteiger partial charge in [-0.25, -0.2) is 0 Å². The van der Waals surface area contributed by atoms with Gasteiger partial charge in [0.1, 0.15) is 11.5 Å². The van der Waals surface area contributed by atoms with E-state index in [0.717, 1.165) is 12.0 Å². The van der Waals surface area contributed by atoms with Crippen molar-refractivity contribution in [3.05, 3.63) is 23.8 Å². The number of ether oxygens (including phenoxy) is 3. The summed E-state index contributed by atoms with van der Waals surface area (Å²) in [6, 6.07) is 5.48. The Morgan fingerprint density at radius 2 is 2.00 bits per heavy atom. The highest BCUT2D eigenvalue weighted by Crippen LogP contribution is 2.26. The lowest BCUT2D eigenvalue weighted by atomic mass is 9.88. The van der Waals surface area contributed by atoms with Gasteiger partial charge < -0.3 is 19.5 Å². The van der Waals surface area contributed by atoms with Crippen molar-refractivity contribution in [3.63, 3.8) is 0 Å². The second-order valence-corrected chi connectivity index (χ2v) is 6.38. The molecule has 0 unspecified atom stereocenters. The highest BCUT2D eigenvalue weighted by molar-refractivity contribution is 5.79. The minimum absolute atomic E-state index is 0.0289. The predicted molar refractivity (Wildman–Crippen MR) is 93.6 cm³/mol. The van der Waals surface area contributed by atoms with Crippen molar-refractivity contribution in [3.8, 4) is 11.5 Å². The first-order valence-electron chi connectivity index (χ1n) is 8.73. The molecule has 1 N–H and O–H groups in total. The molecule has 5 heteroatoms. The van der Waals surface area contributed by atoms with Gasteiger partial charge in [-0.05, 0) is 24.8 Å². The van der Waals surface area contributed by atoms with Gasteiger partial charge in [-0.1, -0.05) is 25.8 Å². The number of carbonyl (C=O) groups is 1. The molecule has 5 nitrogen and oxygen atoms in total. The quantitative estimate of drug-likeness (QED) is 0.742. The van der Waals surface area contributed by atoms with Crippen molar-refractivity contribution >= 4 is 5.91 Å². The normalized spacial score (nSPS) is 20.5. The fourth-order valence-electron chi connectivity index (χ4n) is 3.16. The number of methoxy groups -OCH3 is 2. The maximum atomic E-state index is 12.1. The Hall–Kier alpha value is -1.75. The number of hydrogen-bond donors (Lipinski definition) is 1. The van der Waals surface area contributed by atoms with Crippen LogP contribution >= 0.6 is 0 Å². The van der Waals surface area contributed by atoms with E-state index in [1.54, 1.807) is 20.3 Å². The van der Waals surface area contributed by atoms with E-state index in [1.165, 1.54) is 19.3 Å². The lowest BCUT2D eigenvalue weighted by Gasteiger charge is -2.28. The van der Waals surface area contributed by atoms with E-state index in [2.05, 4.69) is 12.2 Å². The highest BCUT2D eigenvalue weighted by Gasteiger charge is 2.21. The molecule has 0 aliphatic heterocycles. The Balaban J connectivity index is 1.73. The van der Waals surface area contributed by atoms with Crippen LogP contribution in [0.2, 0.25) is 0 Å². The van der Waals surface area contributed by atoms with E-state index in [0.29, 0.717) is 36.7 Å². The molecule has 0 aromatic heterocycles. The van der Waals surface area contributed by atoms with Gasteiger partial charge in [0.05, 0.1) is 33.4 Å². The molecule has 2 atom stereocenters. The molecule has 134 valence electrons. The van der Waals surface area contributed by atoms with Gasteiger partial charge in [0.25, 0.3) is 0 Å². The molecule has 0 heterocycles. The van der Waals surface area contributed by atoms with Crippen molar-refractivity contribution < 1.29 is 19.0 Å². The van der Waals surface area contributed by atoms with Crippen molar-refractivity contribution in [2.24, 2.45) is 5.92 Å². The van der Waals surface area contributed by atoms with Crippen LogP contribution in [0.4, 0.5) is 0 Å². The predicted octanol–water partition coefficient (Wildman–Crippen LogP) is 2.96. The summed E-state index contributed by atoms with van der Waals surface area (Å²) in [6.07, 6.45) is 5.57. The number of carbonyl (C=O) groups excluding carboxylic acids is 1. The van der Waals surface area contributed by atoms with Crippen LogP contribution in [0.1, 0.15) is 38.2 Å². The Morgan fingerprint density at radius 1 is 1.21 bits per heavy atom. The molecule has 1 amide bonds. The van der Waals surface area contributed by atoms with Gasteiger partial charge in [0, 0.05) is 18.2 Å². The summed E-state index contributed by atoms with van der Waals surface area (Å²) in [7, 11) is 3.20. The molecule has 24 heavy (non-hydrogen) atoms. The molecule has 0 bridgehead atoms. The molecule has 1 aliphatic rings. The summed E-state index contributed by atoms with van der Waals surface area (Å²) in [5.41, 5.74) is 0.845. The molecular weight excluding hydrogens is 306 g/mol. The molecule has 0 saturated heterocycles. The molecule has 2 rings (SSSR count). The second kappa shape index (κ2) is 9.52. The zero-order valence-corrected chi connectivity index (χ0v) is 15.0. The van der Waals surface area contributed by atoms with Gasteiger partial charge >= 0.3 is 0 Å². The largest absolute Gasteiger partial charge is 0.497 e. The first-order chi connectivity index (χ1) is 11.6. The zero-order valence-electron chi connectivity index (χ0n) is 15.0. The second-order valence-electron chi connectivity index (χ2n) is 6.38. The van der Waals surface area contributed by atoms with E-state index in [9.17, 15) is 4.79 Å². The Kier molecular flexibility index (Phi) is 7.37. The van der Waals surface area contributed by atoms with Crippen LogP contribution in [0.25, 0.3) is 0 Å². The topological polar surface area (TPSA) is 56.8 Å². The minimum atomic E-state index is -0.0289. The number of rotatable bonds is 8. The van der Waals surface area contributed by atoms with Gasteiger partial charge in [-0.15, -0.1) is 0 Å². The molecule has 0 spiro atoms. The Bertz CT molecular complexity index is 532. The van der Waals surface area contributed by atoms with E-state index >= 15 is 0 Å². The van der Waals surface area contributed by atoms with Crippen LogP contribution in [0, 0.1) is 5.92 Å². The average molecular weight is 335 g/mol. The summed E-state index contributed by atoms with van der Waals surface area (Å²) >= 11 is 0. The standard InChI is InChI=1S/C19H29NO4/c1-14-6-4-5-7-17(14)24-11-10-20-19(21)12-15-8-9-16(22-2)13-18(15)23-3/h8-9,13-14,17H,4-7,10-12H2,1-3H3,(H,20,21)/t14-,17-/m1/s1. The fourth-order valence-corrected chi connectivity index (χ4v) is 3.16. The molecule has 1 saturated carbocycles. The SMILES string of the molecule is COc1ccc(CC(=O)NCCO[C@@H]2CCCC[C@H]2C)c(OC)c1. The zero-order chi connectivity index (χ0) is 17.4. The molecule has 1 fully saturated rings. The molecule has 1 aromatic carbocycles. The molecule has 1 aliphatic carbocycles. The molecule has 1 aromatic rings. The lowest BCUT2D eigenvalue weighted by molar-refractivity contribution is -0.120. The van der Waals surface area contributed by atoms with Crippen molar-refractivity contribution in [2.45, 2.75) is 45.1 Å². The summed E-state index contributed by atoms with van der Waals surface area (Å²) in [5.74, 6) is 1.97. The van der Waals surface area contributed by atoms with Crippen LogP contribution in [0.3, 0.4) is 0 Å². The van der Waals surface area contributed by atoms with E-state index in [-0.39, 0.29) is 12.3 Å². The lowest BCUT2D eigenvalue weighted by Crippen LogP contribution is -2.32. The first kappa shape index (κ1) is 18.6. The Morgan fingerprint density at radius 3 is 2.71 bits per heavy atom. The monoisotopic (exact) mass is 335 g/mol. The third-order valence-electron chi connectivity index (χ3n) is 4.63. The number of amides is 1. The fraction of sp³-hybridized carbons (Fsp3) is 0.632. The summed E-state index contributed by atoms with van der Waals surface area (Å²) in [6.45, 7) is 3.36. The van der Waals surface area contributed by atoms with Gasteiger partial charge in [-0.2, -0.15) is 0 Å². The van der Waals surface area contributed by atoms with Crippen molar-refractivity contribution in [2.75, 3.05) is 27.4 Å². The first-order valence-corrected chi connectivity index (χ1v) is 8.73.